The molecule has 21 heavy (non-hydrogen) atoms. The first-order chi connectivity index (χ1) is 9.95. The highest BCUT2D eigenvalue weighted by molar-refractivity contribution is 5.44. The Morgan fingerprint density at radius 2 is 2.19 bits per heavy atom. The number of aromatic nitrogens is 4. The van der Waals surface area contributed by atoms with E-state index in [1.165, 1.54) is 0 Å². The molecule has 0 bridgehead atoms. The molecule has 0 amide bonds. The first-order valence-electron chi connectivity index (χ1n) is 7.13. The van der Waals surface area contributed by atoms with E-state index >= 15 is 0 Å². The average molecular weight is 293 g/mol. The predicted octanol–water partition coefficient (Wildman–Crippen LogP) is 2.02. The van der Waals surface area contributed by atoms with E-state index in [4.69, 9.17) is 15.0 Å². The summed E-state index contributed by atoms with van der Waals surface area (Å²) < 4.78 is 13.0. The largest absolute Gasteiger partial charge is 0.370 e. The fourth-order valence-corrected chi connectivity index (χ4v) is 2.07. The summed E-state index contributed by atoms with van der Waals surface area (Å²) in [6.45, 7) is 10.1. The average Bonchev–Trinajstić information content (AvgIpc) is 3.03. The topological polar surface area (TPSA) is 92.0 Å². The fraction of sp³-hybridized carbons (Fsp3) is 0.643. The maximum absolute atomic E-state index is 5.76. The van der Waals surface area contributed by atoms with Crippen molar-refractivity contribution >= 4 is 0 Å². The molecule has 0 saturated heterocycles. The third-order valence-electron chi connectivity index (χ3n) is 3.04. The zero-order valence-electron chi connectivity index (χ0n) is 13.0. The van der Waals surface area contributed by atoms with E-state index in [1.807, 2.05) is 17.7 Å². The molecule has 2 aromatic rings. The van der Waals surface area contributed by atoms with Gasteiger partial charge in [-0.15, -0.1) is 0 Å². The van der Waals surface area contributed by atoms with Crippen molar-refractivity contribution in [1.82, 2.24) is 19.7 Å². The van der Waals surface area contributed by atoms with Crippen LogP contribution in [0.5, 0.6) is 0 Å². The van der Waals surface area contributed by atoms with Crippen LogP contribution in [0, 0.1) is 5.41 Å². The Kier molecular flexibility index (Phi) is 4.74. The maximum atomic E-state index is 5.76. The van der Waals surface area contributed by atoms with Crippen LogP contribution < -0.4 is 5.73 Å². The zero-order valence-corrected chi connectivity index (χ0v) is 13.0. The fourth-order valence-electron chi connectivity index (χ4n) is 2.07. The lowest BCUT2D eigenvalue weighted by atomic mass is 9.88. The van der Waals surface area contributed by atoms with Gasteiger partial charge in [-0.2, -0.15) is 4.98 Å². The van der Waals surface area contributed by atoms with E-state index in [0.717, 1.165) is 0 Å². The van der Waals surface area contributed by atoms with E-state index in [2.05, 4.69) is 35.9 Å². The van der Waals surface area contributed by atoms with Crippen molar-refractivity contribution in [2.45, 2.75) is 40.3 Å². The second kappa shape index (κ2) is 6.36. The number of ether oxygens (including phenoxy) is 1. The molecule has 0 aliphatic rings. The minimum absolute atomic E-state index is 0.115. The Morgan fingerprint density at radius 1 is 1.43 bits per heavy atom. The van der Waals surface area contributed by atoms with Crippen molar-refractivity contribution in [1.29, 1.82) is 0 Å². The molecule has 0 aliphatic carbocycles. The van der Waals surface area contributed by atoms with E-state index in [0.29, 0.717) is 37.1 Å². The number of hydrogen-bond donors (Lipinski definition) is 1. The zero-order chi connectivity index (χ0) is 15.5. The summed E-state index contributed by atoms with van der Waals surface area (Å²) in [4.78, 5) is 8.69. The van der Waals surface area contributed by atoms with Gasteiger partial charge in [0, 0.05) is 25.9 Å². The van der Waals surface area contributed by atoms with Gasteiger partial charge < -0.3 is 19.6 Å². The van der Waals surface area contributed by atoms with Crippen LogP contribution in [0.1, 0.15) is 39.6 Å². The van der Waals surface area contributed by atoms with Crippen LogP contribution >= 0.6 is 0 Å². The van der Waals surface area contributed by atoms with Crippen LogP contribution in [0.3, 0.4) is 0 Å². The summed E-state index contributed by atoms with van der Waals surface area (Å²) in [6.07, 6.45) is 3.33. The first-order valence-corrected chi connectivity index (χ1v) is 7.13. The van der Waals surface area contributed by atoms with E-state index < -0.39 is 0 Å². The standard InChI is InChI=1S/C14H23N5O2/c1-5-20-11(14(2,3)4)12-17-13(21-18-12)10-8-19(7-6-15)9-16-10/h8-9,11H,5-7,15H2,1-4H3. The molecule has 2 heterocycles. The minimum atomic E-state index is -0.217. The monoisotopic (exact) mass is 293 g/mol. The molecule has 1 atom stereocenters. The van der Waals surface area contributed by atoms with Gasteiger partial charge in [0.1, 0.15) is 11.8 Å². The molecule has 2 rings (SSSR count). The highest BCUT2D eigenvalue weighted by atomic mass is 16.5. The number of rotatable bonds is 6. The SMILES string of the molecule is CCOC(c1noc(-c2cn(CCN)cn2)n1)C(C)(C)C. The molecule has 0 aromatic carbocycles. The summed E-state index contributed by atoms with van der Waals surface area (Å²) >= 11 is 0. The van der Waals surface area contributed by atoms with Crippen molar-refractivity contribution in [2.75, 3.05) is 13.2 Å². The number of nitrogens with two attached hydrogens (primary N) is 1. The number of hydrogen-bond acceptors (Lipinski definition) is 6. The van der Waals surface area contributed by atoms with Gasteiger partial charge in [-0.25, -0.2) is 4.98 Å². The Hall–Kier alpha value is -1.73. The Morgan fingerprint density at radius 3 is 2.81 bits per heavy atom. The van der Waals surface area contributed by atoms with Gasteiger partial charge in [-0.05, 0) is 12.3 Å². The Bertz CT molecular complexity index is 570. The minimum Gasteiger partial charge on any atom is -0.370 e. The van der Waals surface area contributed by atoms with Gasteiger partial charge in [0.15, 0.2) is 0 Å². The van der Waals surface area contributed by atoms with Crippen LogP contribution in [-0.2, 0) is 11.3 Å². The maximum Gasteiger partial charge on any atom is 0.278 e. The highest BCUT2D eigenvalue weighted by Crippen LogP contribution is 2.35. The summed E-state index contributed by atoms with van der Waals surface area (Å²) in [5.74, 6) is 0.947. The van der Waals surface area contributed by atoms with Gasteiger partial charge in [-0.3, -0.25) is 0 Å². The van der Waals surface area contributed by atoms with Gasteiger partial charge in [-0.1, -0.05) is 25.9 Å². The quantitative estimate of drug-likeness (QED) is 0.876. The van der Waals surface area contributed by atoms with E-state index in [-0.39, 0.29) is 11.5 Å². The molecule has 1 unspecified atom stereocenters. The molecule has 2 N–H and O–H groups in total. The first kappa shape index (κ1) is 15.7. The van der Waals surface area contributed by atoms with Crippen LogP contribution in [0.25, 0.3) is 11.6 Å². The molecule has 2 aromatic heterocycles. The lowest BCUT2D eigenvalue weighted by Gasteiger charge is -2.27. The van der Waals surface area contributed by atoms with Crippen LogP contribution in [-0.4, -0.2) is 32.8 Å². The third kappa shape index (κ3) is 3.68. The van der Waals surface area contributed by atoms with Crippen molar-refractivity contribution in [2.24, 2.45) is 11.1 Å². The summed E-state index contributed by atoms with van der Waals surface area (Å²) in [5.41, 5.74) is 6.05. The molecule has 7 nitrogen and oxygen atoms in total. The number of imidazole rings is 1. The van der Waals surface area contributed by atoms with E-state index in [1.54, 1.807) is 6.33 Å². The Balaban J connectivity index is 2.23. The van der Waals surface area contributed by atoms with E-state index in [9.17, 15) is 0 Å². The molecule has 0 saturated carbocycles. The molecular formula is C14H23N5O2. The van der Waals surface area contributed by atoms with Crippen molar-refractivity contribution < 1.29 is 9.26 Å². The molecule has 0 radical (unpaired) electrons. The summed E-state index contributed by atoms with van der Waals surface area (Å²) in [6, 6.07) is 0. The van der Waals surface area contributed by atoms with Gasteiger partial charge in [0.05, 0.1) is 6.33 Å². The molecule has 0 fully saturated rings. The second-order valence-corrected chi connectivity index (χ2v) is 5.94. The number of nitrogens with zero attached hydrogens (tertiary/aromatic N) is 4. The lowest BCUT2D eigenvalue weighted by Crippen LogP contribution is -2.22. The molecule has 7 heteroatoms. The highest BCUT2D eigenvalue weighted by Gasteiger charge is 2.31. The summed E-state index contributed by atoms with van der Waals surface area (Å²) in [5, 5.41) is 4.05. The smallest absolute Gasteiger partial charge is 0.278 e. The van der Waals surface area contributed by atoms with Gasteiger partial charge in [0.25, 0.3) is 5.89 Å². The second-order valence-electron chi connectivity index (χ2n) is 5.94. The third-order valence-corrected chi connectivity index (χ3v) is 3.04. The van der Waals surface area contributed by atoms with Crippen LogP contribution in [0.4, 0.5) is 0 Å². The molecule has 0 aliphatic heterocycles. The summed E-state index contributed by atoms with van der Waals surface area (Å²) in [7, 11) is 0. The van der Waals surface area contributed by atoms with Gasteiger partial charge in [0.2, 0.25) is 5.82 Å². The normalized spacial score (nSPS) is 13.6. The van der Waals surface area contributed by atoms with Crippen LogP contribution in [0.15, 0.2) is 17.0 Å². The van der Waals surface area contributed by atoms with Gasteiger partial charge >= 0.3 is 0 Å². The van der Waals surface area contributed by atoms with Crippen molar-refractivity contribution in [3.05, 3.63) is 18.3 Å². The van der Waals surface area contributed by atoms with Crippen molar-refractivity contribution in [3.8, 4) is 11.6 Å². The van der Waals surface area contributed by atoms with Crippen molar-refractivity contribution in [3.63, 3.8) is 0 Å². The lowest BCUT2D eigenvalue weighted by molar-refractivity contribution is -0.0203. The molecular weight excluding hydrogens is 270 g/mol. The molecule has 0 spiro atoms. The van der Waals surface area contributed by atoms with Crippen LogP contribution in [0.2, 0.25) is 0 Å². The predicted molar refractivity (Wildman–Crippen MR) is 78.4 cm³/mol. The molecule has 116 valence electrons. The Labute approximate surface area is 124 Å².